The van der Waals surface area contributed by atoms with Gasteiger partial charge in [-0.2, -0.15) is 10.1 Å². The summed E-state index contributed by atoms with van der Waals surface area (Å²) in [6.07, 6.45) is 3.96. The number of aromatic nitrogens is 3. The molecule has 1 aliphatic rings. The monoisotopic (exact) mass is 241 g/mol. The first-order valence-corrected chi connectivity index (χ1v) is 5.81. The van der Waals surface area contributed by atoms with Crippen molar-refractivity contribution < 1.29 is 0 Å². The van der Waals surface area contributed by atoms with E-state index in [0.29, 0.717) is 6.04 Å². The molecule has 0 saturated carbocycles. The van der Waals surface area contributed by atoms with Crippen molar-refractivity contribution in [3.8, 4) is 0 Å². The molecule has 0 spiro atoms. The number of halogens is 1. The van der Waals surface area contributed by atoms with Crippen molar-refractivity contribution in [1.29, 1.82) is 0 Å². The minimum atomic E-state index is 0.215. The second kappa shape index (κ2) is 4.93. The maximum Gasteiger partial charge on any atom is 0.244 e. The molecule has 6 heteroatoms. The Hall–Kier alpha value is -0.940. The van der Waals surface area contributed by atoms with Gasteiger partial charge in [0.15, 0.2) is 5.82 Å². The fourth-order valence-electron chi connectivity index (χ4n) is 2.04. The van der Waals surface area contributed by atoms with Crippen LogP contribution < -0.4 is 4.90 Å². The Kier molecular flexibility index (Phi) is 3.56. The molecule has 0 radical (unpaired) electrons. The summed E-state index contributed by atoms with van der Waals surface area (Å²) >= 11 is 5.72. The molecule has 1 aliphatic heterocycles. The SMILES string of the molecule is CN(C)C1CCN(c2cnnc(Cl)n2)CC1. The molecule has 0 aliphatic carbocycles. The van der Waals surface area contributed by atoms with Crippen LogP contribution in [0.5, 0.6) is 0 Å². The smallest absolute Gasteiger partial charge is 0.244 e. The van der Waals surface area contributed by atoms with Gasteiger partial charge in [-0.25, -0.2) is 0 Å². The third-order valence-corrected chi connectivity index (χ3v) is 3.20. The van der Waals surface area contributed by atoms with E-state index in [1.807, 2.05) is 0 Å². The lowest BCUT2D eigenvalue weighted by Gasteiger charge is -2.35. The third kappa shape index (κ3) is 2.59. The first-order valence-electron chi connectivity index (χ1n) is 5.43. The number of hydrogen-bond donors (Lipinski definition) is 0. The van der Waals surface area contributed by atoms with Gasteiger partial charge in [-0.05, 0) is 38.5 Å². The molecule has 2 heterocycles. The fraction of sp³-hybridized carbons (Fsp3) is 0.700. The average molecular weight is 242 g/mol. The molecule has 0 bridgehead atoms. The maximum atomic E-state index is 5.72. The second-order valence-corrected chi connectivity index (χ2v) is 4.60. The number of hydrogen-bond acceptors (Lipinski definition) is 5. The van der Waals surface area contributed by atoms with E-state index in [9.17, 15) is 0 Å². The lowest BCUT2D eigenvalue weighted by atomic mass is 10.0. The molecule has 1 fully saturated rings. The molecule has 1 aromatic rings. The van der Waals surface area contributed by atoms with Crippen LogP contribution in [0, 0.1) is 0 Å². The number of rotatable bonds is 2. The highest BCUT2D eigenvalue weighted by atomic mass is 35.5. The fourth-order valence-corrected chi connectivity index (χ4v) is 2.17. The summed E-state index contributed by atoms with van der Waals surface area (Å²) < 4.78 is 0. The van der Waals surface area contributed by atoms with Crippen LogP contribution in [-0.4, -0.2) is 53.3 Å². The van der Waals surface area contributed by atoms with Crippen molar-refractivity contribution in [3.05, 3.63) is 11.5 Å². The molecular formula is C10H16ClN5. The van der Waals surface area contributed by atoms with Gasteiger partial charge in [0.05, 0.1) is 6.20 Å². The van der Waals surface area contributed by atoms with Crippen molar-refractivity contribution >= 4 is 17.4 Å². The zero-order valence-electron chi connectivity index (χ0n) is 9.60. The van der Waals surface area contributed by atoms with Gasteiger partial charge in [0.25, 0.3) is 0 Å². The highest BCUT2D eigenvalue weighted by molar-refractivity contribution is 6.28. The molecule has 1 saturated heterocycles. The van der Waals surface area contributed by atoms with Crippen molar-refractivity contribution in [2.45, 2.75) is 18.9 Å². The molecule has 1 aromatic heterocycles. The van der Waals surface area contributed by atoms with E-state index in [1.165, 1.54) is 0 Å². The van der Waals surface area contributed by atoms with E-state index in [4.69, 9.17) is 11.6 Å². The second-order valence-electron chi connectivity index (χ2n) is 4.27. The van der Waals surface area contributed by atoms with Gasteiger partial charge in [-0.3, -0.25) is 0 Å². The largest absolute Gasteiger partial charge is 0.355 e. The molecule has 0 atom stereocenters. The predicted octanol–water partition coefficient (Wildman–Crippen LogP) is 1.06. The Bertz CT molecular complexity index is 349. The maximum absolute atomic E-state index is 5.72. The Morgan fingerprint density at radius 2 is 2.06 bits per heavy atom. The summed E-state index contributed by atoms with van der Waals surface area (Å²) in [4.78, 5) is 8.66. The molecule has 88 valence electrons. The zero-order chi connectivity index (χ0) is 11.5. The van der Waals surface area contributed by atoms with E-state index in [1.54, 1.807) is 6.20 Å². The van der Waals surface area contributed by atoms with Gasteiger partial charge in [-0.1, -0.05) is 0 Å². The highest BCUT2D eigenvalue weighted by Crippen LogP contribution is 2.19. The Labute approximate surface area is 100 Å². The summed E-state index contributed by atoms with van der Waals surface area (Å²) in [5, 5.41) is 7.68. The van der Waals surface area contributed by atoms with Gasteiger partial charge < -0.3 is 9.80 Å². The van der Waals surface area contributed by atoms with Crippen molar-refractivity contribution in [1.82, 2.24) is 20.1 Å². The van der Waals surface area contributed by atoms with Gasteiger partial charge in [0.1, 0.15) is 0 Å². The van der Waals surface area contributed by atoms with Crippen LogP contribution in [0.3, 0.4) is 0 Å². The molecule has 16 heavy (non-hydrogen) atoms. The van der Waals surface area contributed by atoms with Crippen LogP contribution in [0.4, 0.5) is 5.82 Å². The van der Waals surface area contributed by atoms with E-state index in [0.717, 1.165) is 31.7 Å². The lowest BCUT2D eigenvalue weighted by Crippen LogP contribution is -2.42. The predicted molar refractivity (Wildman–Crippen MR) is 63.8 cm³/mol. The van der Waals surface area contributed by atoms with Crippen LogP contribution in [0.15, 0.2) is 6.20 Å². The summed E-state index contributed by atoms with van der Waals surface area (Å²) in [6, 6.07) is 0.668. The van der Waals surface area contributed by atoms with Crippen LogP contribution in [0.25, 0.3) is 0 Å². The van der Waals surface area contributed by atoms with Crippen molar-refractivity contribution in [2.24, 2.45) is 0 Å². The standard InChI is InChI=1S/C10H16ClN5/c1-15(2)8-3-5-16(6-4-8)9-7-12-14-10(11)13-9/h7-8H,3-6H2,1-2H3. The quantitative estimate of drug-likeness (QED) is 0.775. The first-order chi connectivity index (χ1) is 7.66. The molecule has 5 nitrogen and oxygen atoms in total. The van der Waals surface area contributed by atoms with Crippen LogP contribution in [-0.2, 0) is 0 Å². The topological polar surface area (TPSA) is 45.2 Å². The number of piperidine rings is 1. The number of anilines is 1. The molecular weight excluding hydrogens is 226 g/mol. The van der Waals surface area contributed by atoms with Crippen molar-refractivity contribution in [3.63, 3.8) is 0 Å². The minimum absolute atomic E-state index is 0.215. The molecule has 0 aromatic carbocycles. The van der Waals surface area contributed by atoms with Crippen LogP contribution in [0.2, 0.25) is 5.28 Å². The number of nitrogens with zero attached hydrogens (tertiary/aromatic N) is 5. The third-order valence-electron chi connectivity index (χ3n) is 3.04. The highest BCUT2D eigenvalue weighted by Gasteiger charge is 2.21. The van der Waals surface area contributed by atoms with Crippen LogP contribution >= 0.6 is 11.6 Å². The Balaban J connectivity index is 1.99. The van der Waals surface area contributed by atoms with Gasteiger partial charge >= 0.3 is 0 Å². The zero-order valence-corrected chi connectivity index (χ0v) is 10.4. The molecule has 0 amide bonds. The molecule has 0 unspecified atom stereocenters. The minimum Gasteiger partial charge on any atom is -0.355 e. The summed E-state index contributed by atoms with van der Waals surface area (Å²) in [7, 11) is 4.26. The van der Waals surface area contributed by atoms with Gasteiger partial charge in [0.2, 0.25) is 5.28 Å². The van der Waals surface area contributed by atoms with E-state index < -0.39 is 0 Å². The lowest BCUT2D eigenvalue weighted by molar-refractivity contribution is 0.249. The Morgan fingerprint density at radius 3 is 2.62 bits per heavy atom. The van der Waals surface area contributed by atoms with Gasteiger partial charge in [-0.15, -0.1) is 5.10 Å². The van der Waals surface area contributed by atoms with Crippen LogP contribution in [0.1, 0.15) is 12.8 Å². The summed E-state index contributed by atoms with van der Waals surface area (Å²) in [5.74, 6) is 0.831. The summed E-state index contributed by atoms with van der Waals surface area (Å²) in [6.45, 7) is 2.00. The van der Waals surface area contributed by atoms with E-state index in [2.05, 4.69) is 39.1 Å². The first kappa shape index (κ1) is 11.5. The Morgan fingerprint density at radius 1 is 1.38 bits per heavy atom. The normalized spacial score (nSPS) is 18.1. The average Bonchev–Trinajstić information content (AvgIpc) is 2.29. The van der Waals surface area contributed by atoms with Gasteiger partial charge in [0, 0.05) is 19.1 Å². The van der Waals surface area contributed by atoms with E-state index in [-0.39, 0.29) is 5.28 Å². The van der Waals surface area contributed by atoms with E-state index >= 15 is 0 Å². The molecule has 0 N–H and O–H groups in total. The summed E-state index contributed by atoms with van der Waals surface area (Å²) in [5.41, 5.74) is 0. The molecule has 2 rings (SSSR count). The van der Waals surface area contributed by atoms with Crippen molar-refractivity contribution in [2.75, 3.05) is 32.1 Å².